The Morgan fingerprint density at radius 1 is 1.06 bits per heavy atom. The minimum absolute atomic E-state index is 0.000893. The van der Waals surface area contributed by atoms with Crippen molar-refractivity contribution in [2.45, 2.75) is 102 Å². The van der Waals surface area contributed by atoms with Crippen LogP contribution in [0, 0.1) is 30.1 Å². The summed E-state index contributed by atoms with van der Waals surface area (Å²) in [5, 5.41) is 27.3. The zero-order valence-electron chi connectivity index (χ0n) is 27.7. The lowest BCUT2D eigenvalue weighted by Crippen LogP contribution is -2.56. The molecule has 13 heteroatoms. The Balaban J connectivity index is 2.24. The van der Waals surface area contributed by atoms with Crippen molar-refractivity contribution in [3.05, 3.63) is 35.9 Å². The molecule has 266 valence electrons. The summed E-state index contributed by atoms with van der Waals surface area (Å²) in [5.41, 5.74) is 0.657. The van der Waals surface area contributed by atoms with Crippen molar-refractivity contribution in [1.29, 1.82) is 0 Å². The number of alkyl halides is 3. The average molecular weight is 688 g/mol. The van der Waals surface area contributed by atoms with E-state index in [-0.39, 0.29) is 31.2 Å². The van der Waals surface area contributed by atoms with Crippen LogP contribution in [0.3, 0.4) is 0 Å². The number of sulfone groups is 1. The monoisotopic (exact) mass is 687 g/mol. The van der Waals surface area contributed by atoms with Crippen molar-refractivity contribution < 1.29 is 41.4 Å². The van der Waals surface area contributed by atoms with Crippen molar-refractivity contribution in [3.8, 4) is 12.3 Å². The summed E-state index contributed by atoms with van der Waals surface area (Å²) >= 11 is 0. The standard InChI is InChI=1S/C34H52F3N3O6S/c1-5-12-28(33(44)39-29(21-26-15-10-7-11-16-26)31(42)30(41)19-24(2)3)38-32(43)27(20-25-13-8-6-9-14-25)22-47(45,46)18-17-40(4)23-34(35,36)37/h1,6,8-9,13-14,24,26-31,41-42H,7,10-12,15-23H2,2-4H3,(H,38,43)(H,39,44)/t27-,28-,29-,30-,31+/m0/s1. The van der Waals surface area contributed by atoms with Crippen molar-refractivity contribution in [1.82, 2.24) is 15.5 Å². The molecular formula is C34H52F3N3O6S. The van der Waals surface area contributed by atoms with E-state index in [4.69, 9.17) is 6.42 Å². The molecule has 1 aliphatic carbocycles. The average Bonchev–Trinajstić information content (AvgIpc) is 2.98. The third-order valence-electron chi connectivity index (χ3n) is 8.50. The minimum Gasteiger partial charge on any atom is -0.390 e. The topological polar surface area (TPSA) is 136 Å². The van der Waals surface area contributed by atoms with Crippen molar-refractivity contribution in [2.75, 3.05) is 31.6 Å². The zero-order valence-corrected chi connectivity index (χ0v) is 28.5. The first-order valence-electron chi connectivity index (χ1n) is 16.4. The number of terminal acetylenes is 1. The van der Waals surface area contributed by atoms with Gasteiger partial charge in [0.15, 0.2) is 9.84 Å². The molecule has 0 bridgehead atoms. The zero-order chi connectivity index (χ0) is 35.2. The maximum absolute atomic E-state index is 13.6. The van der Waals surface area contributed by atoms with E-state index >= 15 is 0 Å². The number of nitrogens with zero attached hydrogens (tertiary/aromatic N) is 1. The van der Waals surface area contributed by atoms with Gasteiger partial charge in [-0.1, -0.05) is 76.3 Å². The van der Waals surface area contributed by atoms with Gasteiger partial charge in [0, 0.05) is 13.0 Å². The predicted molar refractivity (Wildman–Crippen MR) is 176 cm³/mol. The van der Waals surface area contributed by atoms with E-state index in [1.165, 1.54) is 7.05 Å². The van der Waals surface area contributed by atoms with Crippen molar-refractivity contribution >= 4 is 21.7 Å². The van der Waals surface area contributed by atoms with E-state index in [1.54, 1.807) is 30.3 Å². The van der Waals surface area contributed by atoms with Crippen LogP contribution in [0.25, 0.3) is 0 Å². The molecule has 2 amide bonds. The molecule has 0 saturated heterocycles. The van der Waals surface area contributed by atoms with Gasteiger partial charge in [-0.2, -0.15) is 13.2 Å². The number of carbonyl (C=O) groups is 2. The molecule has 47 heavy (non-hydrogen) atoms. The van der Waals surface area contributed by atoms with E-state index in [1.807, 2.05) is 13.8 Å². The van der Waals surface area contributed by atoms with Gasteiger partial charge in [0.25, 0.3) is 0 Å². The number of nitrogens with one attached hydrogen (secondary N) is 2. The van der Waals surface area contributed by atoms with Crippen LogP contribution >= 0.6 is 0 Å². The van der Waals surface area contributed by atoms with E-state index in [2.05, 4.69) is 16.6 Å². The second-order valence-electron chi connectivity index (χ2n) is 13.4. The summed E-state index contributed by atoms with van der Waals surface area (Å²) in [6.45, 7) is 2.17. The first-order chi connectivity index (χ1) is 22.0. The van der Waals surface area contributed by atoms with Crippen LogP contribution in [0.1, 0.15) is 70.8 Å². The molecule has 0 aliphatic heterocycles. The number of halogens is 3. The summed E-state index contributed by atoms with van der Waals surface area (Å²) in [7, 11) is -2.84. The molecular weight excluding hydrogens is 635 g/mol. The molecule has 2 rings (SSSR count). The van der Waals surface area contributed by atoms with Gasteiger partial charge in [0.2, 0.25) is 11.8 Å². The Morgan fingerprint density at radius 3 is 2.28 bits per heavy atom. The first-order valence-corrected chi connectivity index (χ1v) is 18.2. The molecule has 0 unspecified atom stereocenters. The normalized spacial score (nSPS) is 17.8. The third kappa shape index (κ3) is 15.9. The molecule has 9 nitrogen and oxygen atoms in total. The van der Waals surface area contributed by atoms with Crippen LogP contribution in [0.15, 0.2) is 30.3 Å². The molecule has 1 aromatic carbocycles. The number of carbonyl (C=O) groups excluding carboxylic acids is 2. The van der Waals surface area contributed by atoms with Crippen LogP contribution in [-0.4, -0.2) is 97.5 Å². The predicted octanol–water partition coefficient (Wildman–Crippen LogP) is 3.49. The van der Waals surface area contributed by atoms with Gasteiger partial charge in [-0.05, 0) is 43.7 Å². The number of rotatable bonds is 19. The van der Waals surface area contributed by atoms with Gasteiger partial charge < -0.3 is 20.8 Å². The van der Waals surface area contributed by atoms with Crippen LogP contribution in [0.2, 0.25) is 0 Å². The highest BCUT2D eigenvalue weighted by atomic mass is 32.2. The van der Waals surface area contributed by atoms with E-state index < -0.39 is 76.1 Å². The summed E-state index contributed by atoms with van der Waals surface area (Å²) in [6, 6.07) is 6.59. The SMILES string of the molecule is C#CC[C@H](NC(=O)[C@@H](Cc1ccccc1)CS(=O)(=O)CCN(C)CC(F)(F)F)C(=O)N[C@@H](CC1CCCCC1)[C@@H](O)[C@@H](O)CC(C)C. The fourth-order valence-corrected chi connectivity index (χ4v) is 7.69. The van der Waals surface area contributed by atoms with Crippen LogP contribution in [0.4, 0.5) is 13.2 Å². The summed E-state index contributed by atoms with van der Waals surface area (Å²) in [4.78, 5) is 28.1. The van der Waals surface area contributed by atoms with Crippen molar-refractivity contribution in [3.63, 3.8) is 0 Å². The van der Waals surface area contributed by atoms with Crippen molar-refractivity contribution in [2.24, 2.45) is 17.8 Å². The highest BCUT2D eigenvalue weighted by Crippen LogP contribution is 2.29. The Kier molecular flexibility index (Phi) is 16.7. The van der Waals surface area contributed by atoms with Gasteiger partial charge in [0.1, 0.15) is 12.1 Å². The van der Waals surface area contributed by atoms with Gasteiger partial charge in [-0.15, -0.1) is 12.3 Å². The highest BCUT2D eigenvalue weighted by molar-refractivity contribution is 7.91. The Bertz CT molecular complexity index is 1250. The summed E-state index contributed by atoms with van der Waals surface area (Å²) in [5.74, 6) is -1.11. The highest BCUT2D eigenvalue weighted by Gasteiger charge is 2.35. The third-order valence-corrected chi connectivity index (χ3v) is 10.2. The Hall–Kier alpha value is -2.66. The molecule has 5 atom stereocenters. The molecule has 1 saturated carbocycles. The Labute approximate surface area is 278 Å². The van der Waals surface area contributed by atoms with Crippen LogP contribution in [0.5, 0.6) is 0 Å². The fraction of sp³-hybridized carbons (Fsp3) is 0.706. The number of amides is 2. The number of benzene rings is 1. The van der Waals surface area contributed by atoms with Crippen LogP contribution in [-0.2, 0) is 25.8 Å². The van der Waals surface area contributed by atoms with E-state index in [9.17, 15) is 41.4 Å². The molecule has 1 aromatic rings. The van der Waals surface area contributed by atoms with Gasteiger partial charge in [-0.3, -0.25) is 14.5 Å². The molecule has 0 spiro atoms. The number of aliphatic hydroxyl groups excluding tert-OH is 2. The van der Waals surface area contributed by atoms with Crippen LogP contribution < -0.4 is 10.6 Å². The lowest BCUT2D eigenvalue weighted by atomic mass is 9.82. The molecule has 0 radical (unpaired) electrons. The molecule has 1 fully saturated rings. The fourth-order valence-electron chi connectivity index (χ4n) is 6.05. The molecule has 1 aliphatic rings. The first kappa shape index (κ1) is 40.5. The van der Waals surface area contributed by atoms with Gasteiger partial charge in [0.05, 0.1) is 36.1 Å². The second kappa shape index (κ2) is 19.4. The number of aliphatic hydroxyl groups is 2. The lowest BCUT2D eigenvalue weighted by molar-refractivity contribution is -0.142. The molecule has 4 N–H and O–H groups in total. The maximum Gasteiger partial charge on any atom is 0.401 e. The molecule has 0 heterocycles. The number of hydrogen-bond acceptors (Lipinski definition) is 7. The number of hydrogen-bond donors (Lipinski definition) is 4. The van der Waals surface area contributed by atoms with E-state index in [0.717, 1.165) is 37.0 Å². The van der Waals surface area contributed by atoms with E-state index in [0.29, 0.717) is 18.4 Å². The second-order valence-corrected chi connectivity index (χ2v) is 15.6. The molecule has 0 aromatic heterocycles. The summed E-state index contributed by atoms with van der Waals surface area (Å²) < 4.78 is 64.3. The Morgan fingerprint density at radius 2 is 1.70 bits per heavy atom. The minimum atomic E-state index is -4.49. The smallest absolute Gasteiger partial charge is 0.390 e. The van der Waals surface area contributed by atoms with Gasteiger partial charge >= 0.3 is 6.18 Å². The largest absolute Gasteiger partial charge is 0.401 e. The summed E-state index contributed by atoms with van der Waals surface area (Å²) in [6.07, 6.45) is 4.34. The lowest BCUT2D eigenvalue weighted by Gasteiger charge is -2.33. The maximum atomic E-state index is 13.6. The van der Waals surface area contributed by atoms with Gasteiger partial charge in [-0.25, -0.2) is 8.42 Å². The quantitative estimate of drug-likeness (QED) is 0.164.